The van der Waals surface area contributed by atoms with Gasteiger partial charge in [-0.25, -0.2) is 13.1 Å². The molecular formula is C14H17NO3S. The molecular weight excluding hydrogens is 262 g/mol. The molecule has 0 amide bonds. The zero-order valence-electron chi connectivity index (χ0n) is 10.6. The van der Waals surface area contributed by atoms with Gasteiger partial charge in [-0.05, 0) is 31.0 Å². The van der Waals surface area contributed by atoms with Gasteiger partial charge in [-0.3, -0.25) is 0 Å². The minimum Gasteiger partial charge on any atom is -0.395 e. The van der Waals surface area contributed by atoms with Crippen LogP contribution in [-0.4, -0.2) is 26.2 Å². The minimum absolute atomic E-state index is 0.00816. The Hall–Kier alpha value is -1.35. The molecule has 0 radical (unpaired) electrons. The van der Waals surface area contributed by atoms with Crippen molar-refractivity contribution in [1.29, 1.82) is 0 Å². The third-order valence-corrected chi connectivity index (χ3v) is 4.56. The molecule has 102 valence electrons. The predicted octanol–water partition coefficient (Wildman–Crippen LogP) is 1.25. The Morgan fingerprint density at radius 1 is 1.37 bits per heavy atom. The van der Waals surface area contributed by atoms with Gasteiger partial charge in [0.15, 0.2) is 0 Å². The fraction of sp³-hybridized carbons (Fsp3) is 0.429. The van der Waals surface area contributed by atoms with Gasteiger partial charge in [-0.15, -0.1) is 0 Å². The maximum Gasteiger partial charge on any atom is 0.240 e. The summed E-state index contributed by atoms with van der Waals surface area (Å²) in [7, 11) is -3.44. The van der Waals surface area contributed by atoms with Gasteiger partial charge in [0.05, 0.1) is 11.5 Å². The molecule has 1 fully saturated rings. The third kappa shape index (κ3) is 3.80. The molecule has 4 nitrogen and oxygen atoms in total. The fourth-order valence-electron chi connectivity index (χ4n) is 1.78. The SMILES string of the molecule is O=S(=O)(NC1CCC1)c1cccc(C#CCCO)c1. The molecule has 19 heavy (non-hydrogen) atoms. The van der Waals surface area contributed by atoms with E-state index in [4.69, 9.17) is 5.11 Å². The molecule has 2 N–H and O–H groups in total. The highest BCUT2D eigenvalue weighted by molar-refractivity contribution is 7.89. The monoisotopic (exact) mass is 279 g/mol. The molecule has 1 aromatic rings. The lowest BCUT2D eigenvalue weighted by atomic mass is 9.94. The lowest BCUT2D eigenvalue weighted by Crippen LogP contribution is -2.39. The average Bonchev–Trinajstić information content (AvgIpc) is 2.35. The molecule has 1 aliphatic carbocycles. The van der Waals surface area contributed by atoms with Crippen molar-refractivity contribution in [3.8, 4) is 11.8 Å². The molecule has 1 aromatic carbocycles. The first-order chi connectivity index (χ1) is 9.12. The second-order valence-corrected chi connectivity index (χ2v) is 6.27. The Labute approximate surface area is 113 Å². The van der Waals surface area contributed by atoms with Crippen LogP contribution in [0.25, 0.3) is 0 Å². The van der Waals surface area contributed by atoms with Crippen molar-refractivity contribution in [1.82, 2.24) is 4.72 Å². The summed E-state index contributed by atoms with van der Waals surface area (Å²) >= 11 is 0. The quantitative estimate of drug-likeness (QED) is 0.815. The highest BCUT2D eigenvalue weighted by Gasteiger charge is 2.24. The first kappa shape index (κ1) is 14.1. The van der Waals surface area contributed by atoms with Crippen molar-refractivity contribution in [2.24, 2.45) is 0 Å². The average molecular weight is 279 g/mol. The van der Waals surface area contributed by atoms with Gasteiger partial charge in [0, 0.05) is 18.0 Å². The molecule has 0 aliphatic heterocycles. The molecule has 0 spiro atoms. The van der Waals surface area contributed by atoms with Crippen LogP contribution >= 0.6 is 0 Å². The number of aliphatic hydroxyl groups excluding tert-OH is 1. The van der Waals surface area contributed by atoms with Crippen LogP contribution in [0, 0.1) is 11.8 Å². The Morgan fingerprint density at radius 2 is 2.16 bits per heavy atom. The lowest BCUT2D eigenvalue weighted by molar-refractivity contribution is 0.305. The molecule has 0 bridgehead atoms. The van der Waals surface area contributed by atoms with E-state index in [9.17, 15) is 8.42 Å². The number of benzene rings is 1. The van der Waals surface area contributed by atoms with Crippen molar-refractivity contribution in [3.05, 3.63) is 29.8 Å². The molecule has 2 rings (SSSR count). The maximum atomic E-state index is 12.1. The fourth-order valence-corrected chi connectivity index (χ4v) is 3.13. The van der Waals surface area contributed by atoms with Gasteiger partial charge in [-0.2, -0.15) is 0 Å². The highest BCUT2D eigenvalue weighted by atomic mass is 32.2. The summed E-state index contributed by atoms with van der Waals surface area (Å²) in [6, 6.07) is 6.64. The number of sulfonamides is 1. The van der Waals surface area contributed by atoms with Crippen LogP contribution in [0.4, 0.5) is 0 Å². The van der Waals surface area contributed by atoms with Crippen LogP contribution < -0.4 is 4.72 Å². The number of hydrogen-bond acceptors (Lipinski definition) is 3. The van der Waals surface area contributed by atoms with Gasteiger partial charge < -0.3 is 5.11 Å². The Morgan fingerprint density at radius 3 is 2.79 bits per heavy atom. The predicted molar refractivity (Wildman–Crippen MR) is 73.0 cm³/mol. The van der Waals surface area contributed by atoms with Crippen LogP contribution in [0.5, 0.6) is 0 Å². The van der Waals surface area contributed by atoms with Gasteiger partial charge >= 0.3 is 0 Å². The smallest absolute Gasteiger partial charge is 0.240 e. The first-order valence-corrected chi connectivity index (χ1v) is 7.82. The van der Waals surface area contributed by atoms with Crippen molar-refractivity contribution in [3.63, 3.8) is 0 Å². The molecule has 1 aliphatic rings. The van der Waals surface area contributed by atoms with Crippen LogP contribution in [-0.2, 0) is 10.0 Å². The standard InChI is InChI=1S/C14H17NO3S/c16-10-2-1-5-12-6-3-9-14(11-12)19(17,18)15-13-7-4-8-13/h3,6,9,11,13,15-16H,2,4,7-8,10H2. The number of aliphatic hydroxyl groups is 1. The summed E-state index contributed by atoms with van der Waals surface area (Å²) < 4.78 is 26.9. The summed E-state index contributed by atoms with van der Waals surface area (Å²) in [5, 5.41) is 8.65. The summed E-state index contributed by atoms with van der Waals surface area (Å²) in [5.74, 6) is 5.62. The molecule has 1 saturated carbocycles. The topological polar surface area (TPSA) is 66.4 Å². The Balaban J connectivity index is 2.15. The molecule has 0 atom stereocenters. The summed E-state index contributed by atoms with van der Waals surface area (Å²) in [5.41, 5.74) is 0.643. The highest BCUT2D eigenvalue weighted by Crippen LogP contribution is 2.21. The molecule has 0 heterocycles. The van der Waals surface area contributed by atoms with Crippen molar-refractivity contribution >= 4 is 10.0 Å². The lowest BCUT2D eigenvalue weighted by Gasteiger charge is -2.26. The maximum absolute atomic E-state index is 12.1. The van der Waals surface area contributed by atoms with Crippen LogP contribution in [0.2, 0.25) is 0 Å². The number of rotatable bonds is 4. The molecule has 0 saturated heterocycles. The minimum atomic E-state index is -3.44. The normalized spacial score (nSPS) is 15.4. The van der Waals surface area contributed by atoms with E-state index in [1.165, 1.54) is 0 Å². The largest absolute Gasteiger partial charge is 0.395 e. The molecule has 5 heteroatoms. The number of hydrogen-bond donors (Lipinski definition) is 2. The van der Waals surface area contributed by atoms with E-state index in [1.807, 2.05) is 0 Å². The van der Waals surface area contributed by atoms with E-state index in [0.29, 0.717) is 12.0 Å². The van der Waals surface area contributed by atoms with Crippen molar-refractivity contribution in [2.75, 3.05) is 6.61 Å². The second kappa shape index (κ2) is 6.20. The van der Waals surface area contributed by atoms with E-state index in [1.54, 1.807) is 24.3 Å². The van der Waals surface area contributed by atoms with E-state index in [0.717, 1.165) is 19.3 Å². The van der Waals surface area contributed by atoms with Crippen molar-refractivity contribution < 1.29 is 13.5 Å². The van der Waals surface area contributed by atoms with E-state index in [2.05, 4.69) is 16.6 Å². The summed E-state index contributed by atoms with van der Waals surface area (Å²) in [4.78, 5) is 0.246. The van der Waals surface area contributed by atoms with Gasteiger partial charge in [0.2, 0.25) is 10.0 Å². The Bertz CT molecular complexity index is 595. The molecule has 0 aromatic heterocycles. The van der Waals surface area contributed by atoms with Crippen molar-refractivity contribution in [2.45, 2.75) is 36.6 Å². The van der Waals surface area contributed by atoms with E-state index in [-0.39, 0.29) is 17.5 Å². The zero-order valence-corrected chi connectivity index (χ0v) is 11.4. The van der Waals surface area contributed by atoms with Crippen LogP contribution in [0.3, 0.4) is 0 Å². The van der Waals surface area contributed by atoms with E-state index < -0.39 is 10.0 Å². The van der Waals surface area contributed by atoms with Crippen LogP contribution in [0.1, 0.15) is 31.2 Å². The second-order valence-electron chi connectivity index (χ2n) is 4.55. The zero-order chi connectivity index (χ0) is 13.7. The number of nitrogens with one attached hydrogen (secondary N) is 1. The van der Waals surface area contributed by atoms with Gasteiger partial charge in [0.25, 0.3) is 0 Å². The third-order valence-electron chi connectivity index (χ3n) is 3.04. The first-order valence-electron chi connectivity index (χ1n) is 6.34. The molecule has 0 unspecified atom stereocenters. The van der Waals surface area contributed by atoms with Gasteiger partial charge in [-0.1, -0.05) is 24.3 Å². The van der Waals surface area contributed by atoms with Crippen LogP contribution in [0.15, 0.2) is 29.2 Å². The van der Waals surface area contributed by atoms with Gasteiger partial charge in [0.1, 0.15) is 0 Å². The summed E-state index contributed by atoms with van der Waals surface area (Å²) in [6.07, 6.45) is 3.29. The van der Waals surface area contributed by atoms with E-state index >= 15 is 0 Å². The Kier molecular flexibility index (Phi) is 4.59. The summed E-state index contributed by atoms with van der Waals surface area (Å²) in [6.45, 7) is 0.00816.